The summed E-state index contributed by atoms with van der Waals surface area (Å²) in [5.74, 6) is 3.67. The zero-order valence-electron chi connectivity index (χ0n) is 13.7. The van der Waals surface area contributed by atoms with Gasteiger partial charge in [-0.1, -0.05) is 23.4 Å². The molecule has 2 aromatic carbocycles. The Labute approximate surface area is 154 Å². The molecule has 0 saturated carbocycles. The summed E-state index contributed by atoms with van der Waals surface area (Å²) in [6, 6.07) is 6.76. The molecule has 7 N–H and O–H groups in total. The van der Waals surface area contributed by atoms with E-state index in [0.29, 0.717) is 5.56 Å². The molecule has 1 amide bonds. The first-order chi connectivity index (χ1) is 12.1. The van der Waals surface area contributed by atoms with Crippen LogP contribution in [-0.4, -0.2) is 38.7 Å². The quantitative estimate of drug-likeness (QED) is 0.269. The van der Waals surface area contributed by atoms with Gasteiger partial charge in [0.15, 0.2) is 11.5 Å². The number of carbonyl (C=O) groups is 1. The average molecular weight is 377 g/mol. The van der Waals surface area contributed by atoms with Crippen LogP contribution in [-0.2, 0) is 0 Å². The van der Waals surface area contributed by atoms with Crippen molar-refractivity contribution in [1.29, 1.82) is 5.41 Å². The number of carbonyl (C=O) groups excluding carboxylic acids is 1. The topological polar surface area (TPSA) is 148 Å². The van der Waals surface area contributed by atoms with Gasteiger partial charge in [0, 0.05) is 11.8 Å². The number of hydrogen-bond donors (Lipinski definition) is 6. The SMILES string of the molecule is CC(O)C#Cc1cc(C=N)cc(O)c1O.NC(=O)c1ccc(O)c(Cl)c1. The molecule has 1 unspecified atom stereocenters. The van der Waals surface area contributed by atoms with Crippen molar-refractivity contribution in [2.45, 2.75) is 13.0 Å². The number of nitrogens with one attached hydrogen (secondary N) is 1. The largest absolute Gasteiger partial charge is 0.506 e. The molecule has 1 atom stereocenters. The fourth-order valence-electron chi connectivity index (χ4n) is 1.66. The Kier molecular flexibility index (Phi) is 7.47. The van der Waals surface area contributed by atoms with Crippen molar-refractivity contribution < 1.29 is 25.2 Å². The van der Waals surface area contributed by atoms with Crippen LogP contribution in [0.1, 0.15) is 28.4 Å². The van der Waals surface area contributed by atoms with Gasteiger partial charge in [-0.25, -0.2) is 0 Å². The Balaban J connectivity index is 0.000000273. The molecule has 0 radical (unpaired) electrons. The second kappa shape index (κ2) is 9.32. The van der Waals surface area contributed by atoms with Crippen LogP contribution in [0.5, 0.6) is 17.2 Å². The van der Waals surface area contributed by atoms with Crippen molar-refractivity contribution in [2.75, 3.05) is 0 Å². The van der Waals surface area contributed by atoms with Gasteiger partial charge in [-0.2, -0.15) is 0 Å². The number of aliphatic hydroxyl groups is 1. The molecule has 136 valence electrons. The molecule has 0 aliphatic rings. The van der Waals surface area contributed by atoms with Crippen LogP contribution in [0, 0.1) is 17.3 Å². The van der Waals surface area contributed by atoms with Gasteiger partial charge in [0.1, 0.15) is 11.9 Å². The van der Waals surface area contributed by atoms with Crippen molar-refractivity contribution >= 4 is 23.7 Å². The molecule has 0 fully saturated rings. The van der Waals surface area contributed by atoms with Gasteiger partial charge in [-0.3, -0.25) is 4.79 Å². The Morgan fingerprint density at radius 3 is 2.38 bits per heavy atom. The minimum atomic E-state index is -0.810. The zero-order chi connectivity index (χ0) is 19.9. The van der Waals surface area contributed by atoms with E-state index >= 15 is 0 Å². The van der Waals surface area contributed by atoms with E-state index in [1.165, 1.54) is 37.3 Å². The molecule has 0 heterocycles. The first-order valence-electron chi connectivity index (χ1n) is 7.20. The third-order valence-corrected chi connectivity index (χ3v) is 3.23. The summed E-state index contributed by atoms with van der Waals surface area (Å²) in [7, 11) is 0. The first kappa shape index (κ1) is 20.8. The van der Waals surface area contributed by atoms with Gasteiger partial charge in [-0.05, 0) is 42.8 Å². The van der Waals surface area contributed by atoms with E-state index in [2.05, 4.69) is 11.8 Å². The van der Waals surface area contributed by atoms with Crippen molar-refractivity contribution in [1.82, 2.24) is 0 Å². The minimum absolute atomic E-state index is 0.0586. The number of nitrogens with two attached hydrogens (primary N) is 1. The number of amides is 1. The summed E-state index contributed by atoms with van der Waals surface area (Å²) in [6.07, 6.45) is 0.224. The standard InChI is InChI=1S/C11H11NO3.C7H6ClNO2/c1-7(13)2-3-9-4-8(6-12)5-10(14)11(9)15;8-5-3-4(7(9)11)1-2-6(5)10/h4-7,12-15H,1H3;1-3,10H,(H2,9,11). The number of aliphatic hydroxyl groups excluding tert-OH is 1. The lowest BCUT2D eigenvalue weighted by Crippen LogP contribution is -2.10. The van der Waals surface area contributed by atoms with Crippen LogP contribution < -0.4 is 5.73 Å². The molecule has 0 aliphatic heterocycles. The Hall–Kier alpha value is -3.21. The molecular formula is C18H17ClN2O5. The summed E-state index contributed by atoms with van der Waals surface area (Å²) in [5, 5.41) is 43.7. The fraction of sp³-hybridized carbons (Fsp3) is 0.111. The molecule has 2 aromatic rings. The second-order valence-electron chi connectivity index (χ2n) is 5.06. The van der Waals surface area contributed by atoms with Crippen LogP contribution in [0.25, 0.3) is 0 Å². The van der Waals surface area contributed by atoms with Gasteiger partial charge in [0.05, 0.1) is 10.6 Å². The van der Waals surface area contributed by atoms with Gasteiger partial charge < -0.3 is 31.6 Å². The number of phenols is 3. The first-order valence-corrected chi connectivity index (χ1v) is 7.57. The molecule has 0 bridgehead atoms. The van der Waals surface area contributed by atoms with E-state index in [1.807, 2.05) is 0 Å². The summed E-state index contributed by atoms with van der Waals surface area (Å²) in [6.45, 7) is 1.49. The predicted molar refractivity (Wildman–Crippen MR) is 97.9 cm³/mol. The lowest BCUT2D eigenvalue weighted by molar-refractivity contribution is 0.1000. The summed E-state index contributed by atoms with van der Waals surface area (Å²) in [4.78, 5) is 10.5. The van der Waals surface area contributed by atoms with Crippen LogP contribution >= 0.6 is 11.6 Å². The maximum absolute atomic E-state index is 10.5. The van der Waals surface area contributed by atoms with Gasteiger partial charge in [0.2, 0.25) is 5.91 Å². The van der Waals surface area contributed by atoms with Gasteiger partial charge in [-0.15, -0.1) is 0 Å². The van der Waals surface area contributed by atoms with Gasteiger partial charge in [0.25, 0.3) is 0 Å². The van der Waals surface area contributed by atoms with E-state index in [4.69, 9.17) is 33.0 Å². The van der Waals surface area contributed by atoms with Crippen molar-refractivity contribution in [3.63, 3.8) is 0 Å². The van der Waals surface area contributed by atoms with Crippen molar-refractivity contribution in [3.8, 4) is 29.1 Å². The van der Waals surface area contributed by atoms with E-state index in [1.54, 1.807) is 0 Å². The molecule has 2 rings (SSSR count). The highest BCUT2D eigenvalue weighted by Gasteiger charge is 2.06. The fourth-order valence-corrected chi connectivity index (χ4v) is 1.84. The number of aromatic hydroxyl groups is 3. The third-order valence-electron chi connectivity index (χ3n) is 2.93. The third kappa shape index (κ3) is 6.02. The maximum atomic E-state index is 10.5. The van der Waals surface area contributed by atoms with Crippen LogP contribution in [0.4, 0.5) is 0 Å². The van der Waals surface area contributed by atoms with Crippen molar-refractivity contribution in [3.05, 3.63) is 52.0 Å². The summed E-state index contributed by atoms with van der Waals surface area (Å²) < 4.78 is 0. The van der Waals surface area contributed by atoms with E-state index < -0.39 is 12.0 Å². The second-order valence-corrected chi connectivity index (χ2v) is 5.46. The van der Waals surface area contributed by atoms with Gasteiger partial charge >= 0.3 is 0 Å². The van der Waals surface area contributed by atoms with Crippen LogP contribution in [0.15, 0.2) is 30.3 Å². The maximum Gasteiger partial charge on any atom is 0.248 e. The van der Waals surface area contributed by atoms with E-state index in [-0.39, 0.29) is 33.4 Å². The lowest BCUT2D eigenvalue weighted by atomic mass is 10.1. The number of benzene rings is 2. The summed E-state index contributed by atoms with van der Waals surface area (Å²) in [5.41, 5.74) is 5.86. The molecule has 7 nitrogen and oxygen atoms in total. The smallest absolute Gasteiger partial charge is 0.248 e. The molecule has 0 saturated heterocycles. The average Bonchev–Trinajstić information content (AvgIpc) is 2.58. The number of halogens is 1. The van der Waals surface area contributed by atoms with Crippen LogP contribution in [0.3, 0.4) is 0 Å². The Morgan fingerprint density at radius 2 is 1.88 bits per heavy atom. The highest BCUT2D eigenvalue weighted by molar-refractivity contribution is 6.32. The number of rotatable bonds is 2. The molecule has 0 aromatic heterocycles. The normalized spacial score (nSPS) is 10.6. The highest BCUT2D eigenvalue weighted by Crippen LogP contribution is 2.29. The molecule has 0 aliphatic carbocycles. The zero-order valence-corrected chi connectivity index (χ0v) is 14.4. The lowest BCUT2D eigenvalue weighted by Gasteiger charge is -2.02. The minimum Gasteiger partial charge on any atom is -0.506 e. The summed E-state index contributed by atoms with van der Waals surface area (Å²) >= 11 is 5.50. The molecule has 0 spiro atoms. The molecule has 26 heavy (non-hydrogen) atoms. The monoisotopic (exact) mass is 376 g/mol. The number of primary amides is 1. The van der Waals surface area contributed by atoms with E-state index in [0.717, 1.165) is 6.21 Å². The number of phenolic OH excluding ortho intramolecular Hbond substituents is 3. The Bertz CT molecular complexity index is 885. The van der Waals surface area contributed by atoms with E-state index in [9.17, 15) is 15.0 Å². The molecular weight excluding hydrogens is 360 g/mol. The predicted octanol–water partition coefficient (Wildman–Crippen LogP) is 1.97. The Morgan fingerprint density at radius 1 is 1.23 bits per heavy atom. The molecule has 8 heteroatoms. The van der Waals surface area contributed by atoms with Crippen LogP contribution in [0.2, 0.25) is 5.02 Å². The van der Waals surface area contributed by atoms with Crippen molar-refractivity contribution in [2.24, 2.45) is 5.73 Å². The highest BCUT2D eigenvalue weighted by atomic mass is 35.5. The number of hydrogen-bond acceptors (Lipinski definition) is 6.